The molecule has 0 fully saturated rings. The van der Waals surface area contributed by atoms with E-state index in [4.69, 9.17) is 4.74 Å². The van der Waals surface area contributed by atoms with Crippen LogP contribution in [-0.2, 0) is 6.54 Å². The fourth-order valence-electron chi connectivity index (χ4n) is 1.44. The first-order chi connectivity index (χ1) is 7.79. The molecule has 0 saturated carbocycles. The molecule has 0 aliphatic heterocycles. The maximum absolute atomic E-state index is 11.4. The predicted octanol–water partition coefficient (Wildman–Crippen LogP) is 1.30. The van der Waals surface area contributed by atoms with Gasteiger partial charge in [-0.3, -0.25) is 4.57 Å². The summed E-state index contributed by atoms with van der Waals surface area (Å²) in [5.74, 6) is 0.808. The Morgan fingerprint density at radius 2 is 2.06 bits per heavy atom. The third kappa shape index (κ3) is 2.28. The van der Waals surface area contributed by atoms with E-state index >= 15 is 0 Å². The summed E-state index contributed by atoms with van der Waals surface area (Å²) in [7, 11) is 1.63. The Hall–Kier alpha value is -2.10. The monoisotopic (exact) mass is 216 g/mol. The minimum absolute atomic E-state index is 0.238. The van der Waals surface area contributed by atoms with Crippen molar-refractivity contribution in [2.24, 2.45) is 0 Å². The Labute approximate surface area is 93.1 Å². The molecule has 0 aliphatic rings. The van der Waals surface area contributed by atoms with E-state index in [1.807, 2.05) is 24.3 Å². The molecular formula is C12H12N2O2. The lowest BCUT2D eigenvalue weighted by Crippen LogP contribution is -2.21. The molecule has 0 saturated heterocycles. The molecule has 0 bridgehead atoms. The van der Waals surface area contributed by atoms with Crippen LogP contribution >= 0.6 is 0 Å². The van der Waals surface area contributed by atoms with Crippen molar-refractivity contribution in [3.05, 3.63) is 58.8 Å². The molecule has 2 aromatic rings. The number of aromatic nitrogens is 2. The molecule has 82 valence electrons. The van der Waals surface area contributed by atoms with Crippen molar-refractivity contribution >= 4 is 0 Å². The van der Waals surface area contributed by atoms with Crippen molar-refractivity contribution in [2.75, 3.05) is 7.11 Å². The number of benzene rings is 1. The van der Waals surface area contributed by atoms with Gasteiger partial charge in [-0.1, -0.05) is 12.1 Å². The van der Waals surface area contributed by atoms with Crippen molar-refractivity contribution in [1.82, 2.24) is 9.55 Å². The summed E-state index contributed by atoms with van der Waals surface area (Å²) in [6.45, 7) is 0.524. The Morgan fingerprint density at radius 3 is 2.69 bits per heavy atom. The topological polar surface area (TPSA) is 44.1 Å². The Kier molecular flexibility index (Phi) is 3.00. The number of rotatable bonds is 3. The second-order valence-corrected chi connectivity index (χ2v) is 3.38. The van der Waals surface area contributed by atoms with Gasteiger partial charge in [0.2, 0.25) is 0 Å². The van der Waals surface area contributed by atoms with E-state index in [9.17, 15) is 4.79 Å². The SMILES string of the molecule is COc1ccc(Cn2cccnc2=O)cc1. The first-order valence-electron chi connectivity index (χ1n) is 4.94. The van der Waals surface area contributed by atoms with Gasteiger partial charge in [0.25, 0.3) is 0 Å². The van der Waals surface area contributed by atoms with Crippen LogP contribution in [-0.4, -0.2) is 16.7 Å². The van der Waals surface area contributed by atoms with Gasteiger partial charge in [0, 0.05) is 12.4 Å². The summed E-state index contributed by atoms with van der Waals surface area (Å²) in [5, 5.41) is 0. The minimum atomic E-state index is -0.238. The summed E-state index contributed by atoms with van der Waals surface area (Å²) >= 11 is 0. The van der Waals surface area contributed by atoms with Crippen LogP contribution in [0.5, 0.6) is 5.75 Å². The van der Waals surface area contributed by atoms with Crippen LogP contribution in [0.4, 0.5) is 0 Å². The highest BCUT2D eigenvalue weighted by Gasteiger charge is 1.98. The molecule has 4 nitrogen and oxygen atoms in total. The molecule has 16 heavy (non-hydrogen) atoms. The predicted molar refractivity (Wildman–Crippen MR) is 60.6 cm³/mol. The maximum atomic E-state index is 11.4. The fraction of sp³-hybridized carbons (Fsp3) is 0.167. The number of ether oxygens (including phenoxy) is 1. The van der Waals surface area contributed by atoms with Gasteiger partial charge in [-0.05, 0) is 23.8 Å². The molecule has 0 radical (unpaired) electrons. The third-order valence-electron chi connectivity index (χ3n) is 2.29. The Balaban J connectivity index is 2.21. The molecular weight excluding hydrogens is 204 g/mol. The molecule has 0 atom stereocenters. The molecule has 1 heterocycles. The first-order valence-corrected chi connectivity index (χ1v) is 4.94. The molecule has 0 N–H and O–H groups in total. The standard InChI is InChI=1S/C12H12N2O2/c1-16-11-5-3-10(4-6-11)9-14-8-2-7-13-12(14)15/h2-8H,9H2,1H3. The minimum Gasteiger partial charge on any atom is -0.497 e. The lowest BCUT2D eigenvalue weighted by Gasteiger charge is -2.05. The van der Waals surface area contributed by atoms with E-state index in [-0.39, 0.29) is 5.69 Å². The zero-order chi connectivity index (χ0) is 11.4. The highest BCUT2D eigenvalue weighted by Crippen LogP contribution is 2.11. The van der Waals surface area contributed by atoms with Gasteiger partial charge < -0.3 is 4.74 Å². The zero-order valence-corrected chi connectivity index (χ0v) is 8.96. The maximum Gasteiger partial charge on any atom is 0.347 e. The van der Waals surface area contributed by atoms with Gasteiger partial charge in [0.1, 0.15) is 5.75 Å². The summed E-state index contributed by atoms with van der Waals surface area (Å²) < 4.78 is 6.62. The van der Waals surface area contributed by atoms with Crippen LogP contribution in [0.2, 0.25) is 0 Å². The van der Waals surface area contributed by atoms with E-state index in [0.717, 1.165) is 11.3 Å². The lowest BCUT2D eigenvalue weighted by molar-refractivity contribution is 0.414. The molecule has 1 aromatic carbocycles. The summed E-state index contributed by atoms with van der Waals surface area (Å²) in [6.07, 6.45) is 3.21. The largest absolute Gasteiger partial charge is 0.497 e. The van der Waals surface area contributed by atoms with E-state index in [2.05, 4.69) is 4.98 Å². The number of nitrogens with zero attached hydrogens (tertiary/aromatic N) is 2. The van der Waals surface area contributed by atoms with Crippen LogP contribution in [0, 0.1) is 0 Å². The van der Waals surface area contributed by atoms with E-state index in [1.165, 1.54) is 6.20 Å². The summed E-state index contributed by atoms with van der Waals surface area (Å²) in [5.41, 5.74) is 0.800. The van der Waals surface area contributed by atoms with Crippen molar-refractivity contribution < 1.29 is 4.74 Å². The fourth-order valence-corrected chi connectivity index (χ4v) is 1.44. The van der Waals surface area contributed by atoms with Crippen molar-refractivity contribution in [1.29, 1.82) is 0 Å². The van der Waals surface area contributed by atoms with Crippen molar-refractivity contribution in [3.63, 3.8) is 0 Å². The molecule has 0 aliphatic carbocycles. The van der Waals surface area contributed by atoms with Gasteiger partial charge in [-0.25, -0.2) is 9.78 Å². The normalized spacial score (nSPS) is 10.1. The van der Waals surface area contributed by atoms with Gasteiger partial charge >= 0.3 is 5.69 Å². The average molecular weight is 216 g/mol. The van der Waals surface area contributed by atoms with Gasteiger partial charge in [-0.15, -0.1) is 0 Å². The molecule has 0 spiro atoms. The highest BCUT2D eigenvalue weighted by atomic mass is 16.5. The van der Waals surface area contributed by atoms with Crippen LogP contribution < -0.4 is 10.4 Å². The second-order valence-electron chi connectivity index (χ2n) is 3.38. The summed E-state index contributed by atoms with van der Waals surface area (Å²) in [4.78, 5) is 15.1. The van der Waals surface area contributed by atoms with E-state index in [0.29, 0.717) is 6.54 Å². The highest BCUT2D eigenvalue weighted by molar-refractivity contribution is 5.27. The average Bonchev–Trinajstić information content (AvgIpc) is 2.33. The van der Waals surface area contributed by atoms with Crippen LogP contribution in [0.25, 0.3) is 0 Å². The number of hydrogen-bond donors (Lipinski definition) is 0. The van der Waals surface area contributed by atoms with Crippen molar-refractivity contribution in [2.45, 2.75) is 6.54 Å². The number of methoxy groups -OCH3 is 1. The molecule has 0 amide bonds. The lowest BCUT2D eigenvalue weighted by atomic mass is 10.2. The van der Waals surface area contributed by atoms with E-state index < -0.39 is 0 Å². The van der Waals surface area contributed by atoms with Crippen molar-refractivity contribution in [3.8, 4) is 5.75 Å². The van der Waals surface area contributed by atoms with Crippen LogP contribution in [0.1, 0.15) is 5.56 Å². The molecule has 1 aromatic heterocycles. The smallest absolute Gasteiger partial charge is 0.347 e. The Bertz CT molecular complexity index is 517. The quantitative estimate of drug-likeness (QED) is 0.776. The third-order valence-corrected chi connectivity index (χ3v) is 2.29. The second kappa shape index (κ2) is 4.61. The molecule has 0 unspecified atom stereocenters. The van der Waals surface area contributed by atoms with Gasteiger partial charge in [0.15, 0.2) is 0 Å². The van der Waals surface area contributed by atoms with Crippen LogP contribution in [0.15, 0.2) is 47.5 Å². The zero-order valence-electron chi connectivity index (χ0n) is 8.96. The summed E-state index contributed by atoms with van der Waals surface area (Å²) in [6, 6.07) is 9.34. The first kappa shape index (κ1) is 10.4. The van der Waals surface area contributed by atoms with Crippen LogP contribution in [0.3, 0.4) is 0 Å². The molecule has 4 heteroatoms. The Morgan fingerprint density at radius 1 is 1.31 bits per heavy atom. The number of hydrogen-bond acceptors (Lipinski definition) is 3. The molecule has 2 rings (SSSR count). The van der Waals surface area contributed by atoms with Gasteiger partial charge in [0.05, 0.1) is 13.7 Å². The van der Waals surface area contributed by atoms with Gasteiger partial charge in [-0.2, -0.15) is 0 Å². The van der Waals surface area contributed by atoms with E-state index in [1.54, 1.807) is 23.9 Å².